The number of imidazole rings is 1. The van der Waals surface area contributed by atoms with Gasteiger partial charge in [-0.25, -0.2) is 4.98 Å². The van der Waals surface area contributed by atoms with Crippen molar-refractivity contribution in [2.24, 2.45) is 0 Å². The first-order valence-corrected chi connectivity index (χ1v) is 4.77. The molecule has 0 amide bonds. The van der Waals surface area contributed by atoms with Crippen LogP contribution in [-0.4, -0.2) is 19.5 Å². The van der Waals surface area contributed by atoms with Crippen molar-refractivity contribution in [1.29, 1.82) is 0 Å². The lowest BCUT2D eigenvalue weighted by Gasteiger charge is -2.05. The normalized spacial score (nSPS) is 11.2. The van der Waals surface area contributed by atoms with Crippen LogP contribution in [0.25, 0.3) is 11.0 Å². The van der Waals surface area contributed by atoms with E-state index in [-0.39, 0.29) is 23.0 Å². The van der Waals surface area contributed by atoms with E-state index in [1.807, 2.05) is 13.8 Å². The maximum Gasteiger partial charge on any atom is 0.301 e. The first-order valence-electron chi connectivity index (χ1n) is 4.77. The van der Waals surface area contributed by atoms with Crippen molar-refractivity contribution in [3.8, 4) is 0 Å². The maximum absolute atomic E-state index is 11.8. The van der Waals surface area contributed by atoms with Crippen LogP contribution in [0.15, 0.2) is 15.9 Å². The Morgan fingerprint density at radius 2 is 2.12 bits per heavy atom. The monoisotopic (exact) mass is 221 g/mol. The molecule has 0 saturated carbocycles. The molecule has 0 aliphatic carbocycles. The summed E-state index contributed by atoms with van der Waals surface area (Å²) in [7, 11) is 0. The molecule has 0 aromatic carbocycles. The molecular formula is C9H11N5O2. The molecule has 2 rings (SSSR count). The average Bonchev–Trinajstić information content (AvgIpc) is 2.56. The zero-order valence-electron chi connectivity index (χ0n) is 8.89. The van der Waals surface area contributed by atoms with Crippen LogP contribution in [0, 0.1) is 0 Å². The molecule has 0 radical (unpaired) electrons. The van der Waals surface area contributed by atoms with E-state index < -0.39 is 11.1 Å². The van der Waals surface area contributed by atoms with E-state index in [1.54, 1.807) is 4.57 Å². The number of nitrogens with one attached hydrogen (secondary N) is 1. The number of aromatic amines is 1. The van der Waals surface area contributed by atoms with Crippen LogP contribution in [0.3, 0.4) is 0 Å². The van der Waals surface area contributed by atoms with Crippen LogP contribution < -0.4 is 16.9 Å². The number of aromatic nitrogens is 4. The summed E-state index contributed by atoms with van der Waals surface area (Å²) in [5.41, 5.74) is 4.50. The number of nitrogen functional groups attached to an aromatic ring is 1. The largest absolute Gasteiger partial charge is 0.369 e. The number of hydrogen-bond acceptors (Lipinski definition) is 5. The molecule has 0 spiro atoms. The van der Waals surface area contributed by atoms with E-state index in [9.17, 15) is 9.59 Å². The predicted molar refractivity (Wildman–Crippen MR) is 59.2 cm³/mol. The molecule has 0 atom stereocenters. The molecule has 0 saturated heterocycles. The summed E-state index contributed by atoms with van der Waals surface area (Å²) in [6, 6.07) is 0.0223. The van der Waals surface area contributed by atoms with Crippen molar-refractivity contribution >= 4 is 17.0 Å². The summed E-state index contributed by atoms with van der Waals surface area (Å²) < 4.78 is 1.61. The van der Waals surface area contributed by atoms with E-state index >= 15 is 0 Å². The second-order valence-electron chi connectivity index (χ2n) is 3.70. The molecule has 0 aliphatic heterocycles. The van der Waals surface area contributed by atoms with Gasteiger partial charge in [0.15, 0.2) is 5.52 Å². The summed E-state index contributed by atoms with van der Waals surface area (Å²) in [5, 5.41) is 0. The highest BCUT2D eigenvalue weighted by molar-refractivity contribution is 5.72. The average molecular weight is 221 g/mol. The van der Waals surface area contributed by atoms with Crippen LogP contribution in [0.5, 0.6) is 0 Å². The molecule has 2 aromatic heterocycles. The summed E-state index contributed by atoms with van der Waals surface area (Å²) in [4.78, 5) is 33.0. The van der Waals surface area contributed by atoms with E-state index in [2.05, 4.69) is 15.0 Å². The number of H-pyrrole nitrogens is 1. The minimum absolute atomic E-state index is 0.0223. The van der Waals surface area contributed by atoms with Gasteiger partial charge in [0.1, 0.15) is 5.52 Å². The first kappa shape index (κ1) is 10.3. The van der Waals surface area contributed by atoms with Crippen molar-refractivity contribution in [3.05, 3.63) is 27.0 Å². The Balaban J connectivity index is 3.06. The van der Waals surface area contributed by atoms with Gasteiger partial charge >= 0.3 is 5.56 Å². The Morgan fingerprint density at radius 3 is 2.75 bits per heavy atom. The molecule has 2 aromatic rings. The van der Waals surface area contributed by atoms with Gasteiger partial charge in [-0.05, 0) is 13.8 Å². The number of nitrogens with zero attached hydrogens (tertiary/aromatic N) is 3. The fraction of sp³-hybridized carbons (Fsp3) is 0.333. The maximum atomic E-state index is 11.8. The van der Waals surface area contributed by atoms with Gasteiger partial charge in [0.25, 0.3) is 5.56 Å². The van der Waals surface area contributed by atoms with E-state index in [0.717, 1.165) is 0 Å². The standard InChI is InChI=1S/C9H11N5O2/c1-4(2)14-3-11-5-6(14)8(16)13-9(10)12-7(5)15/h3-4H,1-2H3,(H3,10,12,13,15,16). The Morgan fingerprint density at radius 1 is 1.44 bits per heavy atom. The van der Waals surface area contributed by atoms with Crippen molar-refractivity contribution in [2.75, 3.05) is 5.73 Å². The van der Waals surface area contributed by atoms with E-state index in [1.165, 1.54) is 6.33 Å². The molecule has 0 fully saturated rings. The topological polar surface area (TPSA) is 107 Å². The van der Waals surface area contributed by atoms with Crippen molar-refractivity contribution in [2.45, 2.75) is 19.9 Å². The molecular weight excluding hydrogens is 210 g/mol. The Bertz CT molecular complexity index is 655. The van der Waals surface area contributed by atoms with Gasteiger partial charge in [0, 0.05) is 6.04 Å². The van der Waals surface area contributed by atoms with Crippen LogP contribution in [0.2, 0.25) is 0 Å². The first-order chi connectivity index (χ1) is 7.50. The van der Waals surface area contributed by atoms with Crippen LogP contribution in [0.4, 0.5) is 5.95 Å². The lowest BCUT2D eigenvalue weighted by molar-refractivity contribution is 0.616. The molecule has 84 valence electrons. The Hall–Kier alpha value is -2.18. The van der Waals surface area contributed by atoms with E-state index in [4.69, 9.17) is 5.73 Å². The molecule has 0 bridgehead atoms. The third kappa shape index (κ3) is 1.46. The highest BCUT2D eigenvalue weighted by Gasteiger charge is 2.12. The molecule has 0 aliphatic rings. The molecule has 3 N–H and O–H groups in total. The van der Waals surface area contributed by atoms with Crippen molar-refractivity contribution in [1.82, 2.24) is 19.5 Å². The predicted octanol–water partition coefficient (Wildman–Crippen LogP) is -0.357. The van der Waals surface area contributed by atoms with Crippen LogP contribution in [0.1, 0.15) is 19.9 Å². The summed E-state index contributed by atoms with van der Waals surface area (Å²) in [6.07, 6.45) is 1.45. The SMILES string of the molecule is CC(C)n1cnc2c(=O)nc(N)[nH]c(=O)c21. The third-order valence-corrected chi connectivity index (χ3v) is 2.23. The molecule has 7 nitrogen and oxygen atoms in total. The number of nitrogens with two attached hydrogens (primary N) is 1. The highest BCUT2D eigenvalue weighted by Crippen LogP contribution is 2.09. The molecule has 16 heavy (non-hydrogen) atoms. The van der Waals surface area contributed by atoms with Gasteiger partial charge in [-0.1, -0.05) is 0 Å². The van der Waals surface area contributed by atoms with Crippen molar-refractivity contribution in [3.63, 3.8) is 0 Å². The number of rotatable bonds is 1. The lowest BCUT2D eigenvalue weighted by Crippen LogP contribution is -2.11. The van der Waals surface area contributed by atoms with Crippen LogP contribution >= 0.6 is 0 Å². The zero-order chi connectivity index (χ0) is 11.9. The van der Waals surface area contributed by atoms with E-state index in [0.29, 0.717) is 0 Å². The van der Waals surface area contributed by atoms with Gasteiger partial charge in [-0.15, -0.1) is 0 Å². The summed E-state index contributed by atoms with van der Waals surface area (Å²) in [6.45, 7) is 3.77. The molecule has 7 heteroatoms. The fourth-order valence-electron chi connectivity index (χ4n) is 1.50. The highest BCUT2D eigenvalue weighted by atomic mass is 16.1. The summed E-state index contributed by atoms with van der Waals surface area (Å²) in [5.74, 6) is -0.205. The minimum atomic E-state index is -0.606. The molecule has 2 heterocycles. The quantitative estimate of drug-likeness (QED) is 0.684. The van der Waals surface area contributed by atoms with Gasteiger partial charge in [0.05, 0.1) is 6.33 Å². The molecule has 0 unspecified atom stereocenters. The number of anilines is 1. The summed E-state index contributed by atoms with van der Waals surface area (Å²) >= 11 is 0. The van der Waals surface area contributed by atoms with Crippen molar-refractivity contribution < 1.29 is 0 Å². The van der Waals surface area contributed by atoms with Gasteiger partial charge in [-0.3, -0.25) is 14.6 Å². The second-order valence-corrected chi connectivity index (χ2v) is 3.70. The zero-order valence-corrected chi connectivity index (χ0v) is 8.89. The third-order valence-electron chi connectivity index (χ3n) is 2.23. The Labute approximate surface area is 90.0 Å². The lowest BCUT2D eigenvalue weighted by atomic mass is 10.3. The second kappa shape index (κ2) is 3.44. The van der Waals surface area contributed by atoms with Crippen LogP contribution in [-0.2, 0) is 0 Å². The minimum Gasteiger partial charge on any atom is -0.369 e. The number of fused-ring (bicyclic) bond motifs is 1. The van der Waals surface area contributed by atoms with Gasteiger partial charge < -0.3 is 10.3 Å². The van der Waals surface area contributed by atoms with Gasteiger partial charge in [0.2, 0.25) is 5.95 Å². The smallest absolute Gasteiger partial charge is 0.301 e. The number of hydrogen-bond donors (Lipinski definition) is 2. The Kier molecular flexibility index (Phi) is 2.22. The van der Waals surface area contributed by atoms with Gasteiger partial charge in [-0.2, -0.15) is 4.98 Å². The fourth-order valence-corrected chi connectivity index (χ4v) is 1.50.